The molecule has 25 heavy (non-hydrogen) atoms. The number of ether oxygens (including phenoxy) is 2. The summed E-state index contributed by atoms with van der Waals surface area (Å²) in [6, 6.07) is 7.29. The Labute approximate surface area is 153 Å². The van der Waals surface area contributed by atoms with E-state index >= 15 is 0 Å². The minimum atomic E-state index is -0.169. The van der Waals surface area contributed by atoms with Crippen LogP contribution in [0.25, 0.3) is 0 Å². The van der Waals surface area contributed by atoms with Crippen molar-refractivity contribution < 1.29 is 19.1 Å². The molecule has 0 spiro atoms. The Morgan fingerprint density at radius 1 is 1.24 bits per heavy atom. The topological polar surface area (TPSA) is 67.9 Å². The molecule has 1 N–H and O–H groups in total. The van der Waals surface area contributed by atoms with Gasteiger partial charge in [0.2, 0.25) is 5.91 Å². The average Bonchev–Trinajstić information content (AvgIpc) is 2.65. The lowest BCUT2D eigenvalue weighted by molar-refractivity contribution is -0.132. The number of halogens is 1. The molecular weight excluding hydrogens is 344 g/mol. The van der Waals surface area contributed by atoms with Crippen LogP contribution < -0.4 is 14.8 Å². The number of likely N-dealkylation sites (tertiary alicyclic amines) is 1. The summed E-state index contributed by atoms with van der Waals surface area (Å²) in [5, 5.41) is 2.97. The fourth-order valence-electron chi connectivity index (χ4n) is 2.80. The van der Waals surface area contributed by atoms with E-state index in [2.05, 4.69) is 5.32 Å². The summed E-state index contributed by atoms with van der Waals surface area (Å²) in [5.74, 6) is 1.62. The van der Waals surface area contributed by atoms with E-state index in [-0.39, 0.29) is 24.5 Å². The first-order valence-corrected chi connectivity index (χ1v) is 9.06. The maximum atomic E-state index is 12.1. The number of rotatable bonds is 8. The molecule has 1 aromatic carbocycles. The van der Waals surface area contributed by atoms with Crippen molar-refractivity contribution in [2.45, 2.75) is 31.7 Å². The van der Waals surface area contributed by atoms with Gasteiger partial charge in [0.1, 0.15) is 0 Å². The molecule has 0 radical (unpaired) electrons. The highest BCUT2D eigenvalue weighted by Gasteiger charge is 2.23. The maximum absolute atomic E-state index is 12.1. The largest absolute Gasteiger partial charge is 0.493 e. The van der Waals surface area contributed by atoms with Gasteiger partial charge in [-0.25, -0.2) is 0 Å². The Morgan fingerprint density at radius 3 is 2.56 bits per heavy atom. The van der Waals surface area contributed by atoms with Gasteiger partial charge in [-0.15, -0.1) is 11.6 Å². The van der Waals surface area contributed by atoms with Gasteiger partial charge in [-0.2, -0.15) is 0 Å². The number of carbonyl (C=O) groups is 2. The van der Waals surface area contributed by atoms with Crippen molar-refractivity contribution in [1.29, 1.82) is 0 Å². The second kappa shape index (κ2) is 10.1. The predicted molar refractivity (Wildman–Crippen MR) is 96.2 cm³/mol. The fourth-order valence-corrected chi connectivity index (χ4v) is 2.93. The number of hydrogen-bond acceptors (Lipinski definition) is 4. The minimum Gasteiger partial charge on any atom is -0.493 e. The number of hydrogen-bond donors (Lipinski definition) is 1. The average molecular weight is 369 g/mol. The highest BCUT2D eigenvalue weighted by molar-refractivity contribution is 6.17. The first kappa shape index (κ1) is 19.4. The number of carbonyl (C=O) groups excluding carboxylic acids is 2. The molecule has 1 fully saturated rings. The number of alkyl halides is 1. The number of nitrogens with one attached hydrogen (secondary N) is 1. The summed E-state index contributed by atoms with van der Waals surface area (Å²) in [5.41, 5.74) is 0. The lowest BCUT2D eigenvalue weighted by Gasteiger charge is -2.32. The van der Waals surface area contributed by atoms with Crippen molar-refractivity contribution in [1.82, 2.24) is 10.2 Å². The Bertz CT molecular complexity index is 574. The number of benzene rings is 1. The van der Waals surface area contributed by atoms with Crippen molar-refractivity contribution in [3.05, 3.63) is 24.3 Å². The van der Waals surface area contributed by atoms with Gasteiger partial charge in [0.25, 0.3) is 5.91 Å². The molecule has 7 heteroatoms. The summed E-state index contributed by atoms with van der Waals surface area (Å²) in [4.78, 5) is 25.9. The SMILES string of the molecule is COc1ccccc1OCC(=O)NC1CCN(C(=O)CCCCl)CC1. The van der Waals surface area contributed by atoms with Gasteiger partial charge in [-0.05, 0) is 31.4 Å². The summed E-state index contributed by atoms with van der Waals surface area (Å²) < 4.78 is 10.7. The highest BCUT2D eigenvalue weighted by atomic mass is 35.5. The number of nitrogens with zero attached hydrogens (tertiary/aromatic N) is 1. The second-order valence-corrected chi connectivity index (χ2v) is 6.33. The van der Waals surface area contributed by atoms with Crippen LogP contribution in [0, 0.1) is 0 Å². The molecule has 0 bridgehead atoms. The summed E-state index contributed by atoms with van der Waals surface area (Å²) in [6.45, 7) is 1.27. The Hall–Kier alpha value is -1.95. The lowest BCUT2D eigenvalue weighted by Crippen LogP contribution is -2.47. The zero-order valence-corrected chi connectivity index (χ0v) is 15.3. The molecule has 0 unspecified atom stereocenters. The fraction of sp³-hybridized carbons (Fsp3) is 0.556. The zero-order chi connectivity index (χ0) is 18.1. The monoisotopic (exact) mass is 368 g/mol. The van der Waals surface area contributed by atoms with Crippen molar-refractivity contribution in [2.75, 3.05) is 32.7 Å². The van der Waals surface area contributed by atoms with E-state index in [1.807, 2.05) is 17.0 Å². The third-order valence-corrected chi connectivity index (χ3v) is 4.43. The quantitative estimate of drug-likeness (QED) is 0.714. The van der Waals surface area contributed by atoms with E-state index < -0.39 is 0 Å². The number of piperidine rings is 1. The van der Waals surface area contributed by atoms with Crippen LogP contribution in [-0.2, 0) is 9.59 Å². The molecule has 1 aliphatic heterocycles. The summed E-state index contributed by atoms with van der Waals surface area (Å²) >= 11 is 5.62. The number of para-hydroxylation sites is 2. The van der Waals surface area contributed by atoms with Gasteiger partial charge in [0, 0.05) is 31.4 Å². The van der Waals surface area contributed by atoms with E-state index in [9.17, 15) is 9.59 Å². The molecule has 1 saturated heterocycles. The van der Waals surface area contributed by atoms with E-state index in [1.165, 1.54) is 0 Å². The molecule has 1 aromatic rings. The third kappa shape index (κ3) is 6.12. The van der Waals surface area contributed by atoms with Crippen LogP contribution in [0.15, 0.2) is 24.3 Å². The van der Waals surface area contributed by atoms with Crippen molar-refractivity contribution in [3.63, 3.8) is 0 Å². The van der Waals surface area contributed by atoms with Gasteiger partial charge in [-0.1, -0.05) is 12.1 Å². The van der Waals surface area contributed by atoms with Gasteiger partial charge in [-0.3, -0.25) is 9.59 Å². The Kier molecular flexibility index (Phi) is 7.85. The standard InChI is InChI=1S/C18H25ClN2O4/c1-24-15-5-2-3-6-16(15)25-13-17(22)20-14-8-11-21(12-9-14)18(23)7-4-10-19/h2-3,5-6,14H,4,7-13H2,1H3,(H,20,22). The molecule has 2 rings (SSSR count). The Morgan fingerprint density at radius 2 is 1.92 bits per heavy atom. The first-order chi connectivity index (χ1) is 12.1. The normalized spacial score (nSPS) is 14.9. The predicted octanol–water partition coefficient (Wildman–Crippen LogP) is 2.20. The third-order valence-electron chi connectivity index (χ3n) is 4.16. The number of methoxy groups -OCH3 is 1. The van der Waals surface area contributed by atoms with Crippen molar-refractivity contribution in [3.8, 4) is 11.5 Å². The van der Waals surface area contributed by atoms with Crippen molar-refractivity contribution >= 4 is 23.4 Å². The first-order valence-electron chi connectivity index (χ1n) is 8.53. The molecular formula is C18H25ClN2O4. The van der Waals surface area contributed by atoms with Gasteiger partial charge < -0.3 is 19.7 Å². The van der Waals surface area contributed by atoms with Crippen LogP contribution >= 0.6 is 11.6 Å². The lowest BCUT2D eigenvalue weighted by atomic mass is 10.0. The van der Waals surface area contributed by atoms with Gasteiger partial charge in [0.05, 0.1) is 7.11 Å². The molecule has 1 heterocycles. The summed E-state index contributed by atoms with van der Waals surface area (Å²) in [7, 11) is 1.56. The van der Waals surface area contributed by atoms with E-state index in [4.69, 9.17) is 21.1 Å². The smallest absolute Gasteiger partial charge is 0.258 e. The van der Waals surface area contributed by atoms with Crippen LogP contribution in [0.4, 0.5) is 0 Å². The van der Waals surface area contributed by atoms with Crippen LogP contribution in [-0.4, -0.2) is 55.4 Å². The molecule has 1 aliphatic rings. The maximum Gasteiger partial charge on any atom is 0.258 e. The zero-order valence-electron chi connectivity index (χ0n) is 14.5. The van der Waals surface area contributed by atoms with Crippen LogP contribution in [0.5, 0.6) is 11.5 Å². The molecule has 6 nitrogen and oxygen atoms in total. The second-order valence-electron chi connectivity index (χ2n) is 5.95. The molecule has 0 saturated carbocycles. The van der Waals surface area contributed by atoms with E-state index in [1.54, 1.807) is 19.2 Å². The minimum absolute atomic E-state index is 0.0603. The number of amides is 2. The van der Waals surface area contributed by atoms with Crippen LogP contribution in [0.3, 0.4) is 0 Å². The molecule has 138 valence electrons. The van der Waals surface area contributed by atoms with Crippen LogP contribution in [0.2, 0.25) is 0 Å². The Balaban J connectivity index is 1.71. The molecule has 0 aromatic heterocycles. The van der Waals surface area contributed by atoms with Crippen molar-refractivity contribution in [2.24, 2.45) is 0 Å². The van der Waals surface area contributed by atoms with Gasteiger partial charge in [0.15, 0.2) is 18.1 Å². The van der Waals surface area contributed by atoms with E-state index in [0.717, 1.165) is 12.8 Å². The molecule has 2 amide bonds. The van der Waals surface area contributed by atoms with E-state index in [0.29, 0.717) is 43.3 Å². The van der Waals surface area contributed by atoms with Gasteiger partial charge >= 0.3 is 0 Å². The summed E-state index contributed by atoms with van der Waals surface area (Å²) in [6.07, 6.45) is 2.71. The molecule has 0 aliphatic carbocycles. The highest BCUT2D eigenvalue weighted by Crippen LogP contribution is 2.25. The van der Waals surface area contributed by atoms with Crippen LogP contribution in [0.1, 0.15) is 25.7 Å². The molecule has 0 atom stereocenters.